The molecule has 178 valence electrons. The number of halogens is 2. The minimum atomic E-state index is -1.01. The summed E-state index contributed by atoms with van der Waals surface area (Å²) in [7, 11) is 0. The number of hydrogen-bond donors (Lipinski definition) is 2. The fraction of sp³-hybridized carbons (Fsp3) is 0.0357. The van der Waals surface area contributed by atoms with E-state index in [-0.39, 0.29) is 11.1 Å². The highest BCUT2D eigenvalue weighted by molar-refractivity contribution is 6.35. The fourth-order valence-corrected chi connectivity index (χ4v) is 4.52. The topological polar surface area (TPSA) is 88.0 Å². The first kappa shape index (κ1) is 23.6. The van der Waals surface area contributed by atoms with Crippen molar-refractivity contribution >= 4 is 29.2 Å². The Hall–Kier alpha value is -4.13. The molecule has 0 aliphatic carbocycles. The van der Waals surface area contributed by atoms with E-state index in [1.54, 1.807) is 53.4 Å². The Bertz CT molecular complexity index is 1630. The van der Waals surface area contributed by atoms with E-state index < -0.39 is 12.0 Å². The second-order valence-corrected chi connectivity index (χ2v) is 9.01. The molecule has 1 unspecified atom stereocenters. The normalized spacial score (nSPS) is 11.8. The van der Waals surface area contributed by atoms with E-state index in [1.807, 2.05) is 36.4 Å². The quantitative estimate of drug-likeness (QED) is 0.268. The summed E-state index contributed by atoms with van der Waals surface area (Å²) in [5, 5.41) is 10.4. The van der Waals surface area contributed by atoms with Crippen LogP contribution >= 0.6 is 23.2 Å². The van der Waals surface area contributed by atoms with Crippen molar-refractivity contribution in [2.45, 2.75) is 6.04 Å². The molecule has 2 N–H and O–H groups in total. The summed E-state index contributed by atoms with van der Waals surface area (Å²) in [6.45, 7) is 0. The minimum Gasteiger partial charge on any atom is -0.478 e. The molecule has 5 aromatic rings. The number of carboxylic acid groups (broad SMARTS) is 1. The van der Waals surface area contributed by atoms with E-state index in [1.165, 1.54) is 12.1 Å². The van der Waals surface area contributed by atoms with Gasteiger partial charge in [0, 0.05) is 33.4 Å². The molecule has 36 heavy (non-hydrogen) atoms. The van der Waals surface area contributed by atoms with Crippen molar-refractivity contribution < 1.29 is 9.90 Å². The smallest absolute Gasteiger partial charge is 0.335 e. The van der Waals surface area contributed by atoms with E-state index in [4.69, 9.17) is 23.2 Å². The van der Waals surface area contributed by atoms with Crippen LogP contribution < -0.4 is 5.56 Å². The number of pyridine rings is 1. The van der Waals surface area contributed by atoms with E-state index in [9.17, 15) is 14.7 Å². The lowest BCUT2D eigenvalue weighted by molar-refractivity contribution is 0.0697. The molecule has 8 heteroatoms. The third-order valence-electron chi connectivity index (χ3n) is 5.86. The standard InChI is InChI=1S/C28H19Cl2N3O3/c29-21-9-10-23(30)22(15-21)18-11-12-33(25(34)14-18)26(17-5-2-1-3-6-17)27-31-16-24(32-27)19-7-4-8-20(13-19)28(35)36/h1-16,26H,(H,31,32)(H,35,36). The van der Waals surface area contributed by atoms with E-state index >= 15 is 0 Å². The number of imidazole rings is 1. The van der Waals surface area contributed by atoms with Crippen molar-refractivity contribution in [3.8, 4) is 22.4 Å². The largest absolute Gasteiger partial charge is 0.478 e. The van der Waals surface area contributed by atoms with Gasteiger partial charge in [0.25, 0.3) is 5.56 Å². The Morgan fingerprint density at radius 3 is 2.47 bits per heavy atom. The molecule has 0 spiro atoms. The first-order valence-electron chi connectivity index (χ1n) is 11.0. The first-order valence-corrected chi connectivity index (χ1v) is 11.8. The average molecular weight is 516 g/mol. The van der Waals surface area contributed by atoms with Crippen molar-refractivity contribution in [2.75, 3.05) is 0 Å². The van der Waals surface area contributed by atoms with Crippen LogP contribution in [0.3, 0.4) is 0 Å². The summed E-state index contributed by atoms with van der Waals surface area (Å²) in [5.41, 5.74) is 3.43. The predicted octanol–water partition coefficient (Wildman–Crippen LogP) is 6.55. The van der Waals surface area contributed by atoms with Crippen LogP contribution in [-0.2, 0) is 0 Å². The number of H-pyrrole nitrogens is 1. The molecule has 0 bridgehead atoms. The third-order valence-corrected chi connectivity index (χ3v) is 6.42. The van der Waals surface area contributed by atoms with Gasteiger partial charge in [-0.2, -0.15) is 0 Å². The maximum absolute atomic E-state index is 13.4. The third kappa shape index (κ3) is 4.69. The molecule has 3 aromatic carbocycles. The van der Waals surface area contributed by atoms with Crippen LogP contribution in [0.5, 0.6) is 0 Å². The van der Waals surface area contributed by atoms with E-state index in [2.05, 4.69) is 9.97 Å². The Morgan fingerprint density at radius 2 is 1.72 bits per heavy atom. The van der Waals surface area contributed by atoms with Crippen LogP contribution in [0.2, 0.25) is 10.0 Å². The van der Waals surface area contributed by atoms with Crippen LogP contribution in [0.15, 0.2) is 102 Å². The predicted molar refractivity (Wildman–Crippen MR) is 141 cm³/mol. The molecule has 0 aliphatic rings. The highest BCUT2D eigenvalue weighted by Gasteiger charge is 2.22. The van der Waals surface area contributed by atoms with Crippen molar-refractivity contribution in [3.63, 3.8) is 0 Å². The Balaban J connectivity index is 1.59. The van der Waals surface area contributed by atoms with Gasteiger partial charge in [-0.25, -0.2) is 9.78 Å². The van der Waals surface area contributed by atoms with Crippen molar-refractivity contribution in [1.82, 2.24) is 14.5 Å². The summed E-state index contributed by atoms with van der Waals surface area (Å²) in [6, 6.07) is 24.0. The Kier molecular flexibility index (Phi) is 6.46. The number of nitrogens with zero attached hydrogens (tertiary/aromatic N) is 2. The lowest BCUT2D eigenvalue weighted by atomic mass is 10.0. The zero-order chi connectivity index (χ0) is 25.2. The van der Waals surface area contributed by atoms with Crippen LogP contribution in [-0.4, -0.2) is 25.6 Å². The summed E-state index contributed by atoms with van der Waals surface area (Å²) >= 11 is 12.5. The van der Waals surface area contributed by atoms with Gasteiger partial charge in [-0.05, 0) is 47.5 Å². The molecule has 0 radical (unpaired) electrons. The Labute approximate surface area is 216 Å². The first-order chi connectivity index (χ1) is 17.4. The number of hydrogen-bond acceptors (Lipinski definition) is 3. The SMILES string of the molecule is O=C(O)c1cccc(-c2cnc(C(c3ccccc3)n3ccc(-c4cc(Cl)ccc4Cl)cc3=O)[nH]2)c1. The number of nitrogens with one attached hydrogen (secondary N) is 1. The van der Waals surface area contributed by atoms with Crippen molar-refractivity contribution in [1.29, 1.82) is 0 Å². The molecule has 0 saturated carbocycles. The second kappa shape index (κ2) is 9.85. The number of rotatable bonds is 6. The zero-order valence-electron chi connectivity index (χ0n) is 18.7. The van der Waals surface area contributed by atoms with Gasteiger partial charge in [-0.15, -0.1) is 0 Å². The van der Waals surface area contributed by atoms with Gasteiger partial charge in [0.1, 0.15) is 11.9 Å². The second-order valence-electron chi connectivity index (χ2n) is 8.17. The summed E-state index contributed by atoms with van der Waals surface area (Å²) < 4.78 is 1.59. The van der Waals surface area contributed by atoms with Gasteiger partial charge < -0.3 is 14.7 Å². The van der Waals surface area contributed by atoms with Gasteiger partial charge in [0.15, 0.2) is 0 Å². The van der Waals surface area contributed by atoms with Crippen LogP contribution in [0.1, 0.15) is 27.8 Å². The molecular weight excluding hydrogens is 497 g/mol. The molecule has 5 rings (SSSR count). The van der Waals surface area contributed by atoms with Gasteiger partial charge in [-0.1, -0.05) is 65.7 Å². The molecule has 0 saturated heterocycles. The highest BCUT2D eigenvalue weighted by Crippen LogP contribution is 2.31. The molecule has 6 nitrogen and oxygen atoms in total. The molecule has 0 aliphatic heterocycles. The Morgan fingerprint density at radius 1 is 0.917 bits per heavy atom. The van der Waals surface area contributed by atoms with Gasteiger partial charge in [0.2, 0.25) is 0 Å². The number of carbonyl (C=O) groups is 1. The number of carboxylic acids is 1. The fourth-order valence-electron chi connectivity index (χ4n) is 4.12. The molecular formula is C28H19Cl2N3O3. The highest BCUT2D eigenvalue weighted by atomic mass is 35.5. The number of aromatic amines is 1. The number of aromatic nitrogens is 3. The molecule has 1 atom stereocenters. The summed E-state index contributed by atoms with van der Waals surface area (Å²) in [5.74, 6) is -0.474. The zero-order valence-corrected chi connectivity index (χ0v) is 20.2. The molecule has 0 fully saturated rings. The maximum Gasteiger partial charge on any atom is 0.335 e. The average Bonchev–Trinajstić information content (AvgIpc) is 3.37. The monoisotopic (exact) mass is 515 g/mol. The summed E-state index contributed by atoms with van der Waals surface area (Å²) in [4.78, 5) is 32.6. The number of benzene rings is 3. The van der Waals surface area contributed by atoms with Crippen molar-refractivity contribution in [2.24, 2.45) is 0 Å². The maximum atomic E-state index is 13.4. The molecule has 0 amide bonds. The van der Waals surface area contributed by atoms with Gasteiger partial charge >= 0.3 is 5.97 Å². The van der Waals surface area contributed by atoms with Crippen LogP contribution in [0, 0.1) is 0 Å². The number of aromatic carboxylic acids is 1. The molecule has 2 aromatic heterocycles. The van der Waals surface area contributed by atoms with Crippen LogP contribution in [0.4, 0.5) is 0 Å². The van der Waals surface area contributed by atoms with E-state index in [0.717, 1.165) is 5.56 Å². The summed E-state index contributed by atoms with van der Waals surface area (Å²) in [6.07, 6.45) is 3.34. The van der Waals surface area contributed by atoms with Crippen molar-refractivity contribution in [3.05, 3.63) is 135 Å². The molecule has 2 heterocycles. The lowest BCUT2D eigenvalue weighted by Gasteiger charge is -2.19. The van der Waals surface area contributed by atoms with Gasteiger partial charge in [0.05, 0.1) is 17.5 Å². The van der Waals surface area contributed by atoms with Gasteiger partial charge in [-0.3, -0.25) is 4.79 Å². The van der Waals surface area contributed by atoms with E-state index in [0.29, 0.717) is 38.3 Å². The minimum absolute atomic E-state index is 0.176. The lowest BCUT2D eigenvalue weighted by Crippen LogP contribution is -2.26. The van der Waals surface area contributed by atoms with Crippen LogP contribution in [0.25, 0.3) is 22.4 Å².